The molecule has 0 spiro atoms. The van der Waals surface area contributed by atoms with Gasteiger partial charge in [0.2, 0.25) is 5.95 Å². The third-order valence-electron chi connectivity index (χ3n) is 5.63. The second-order valence-electron chi connectivity index (χ2n) is 8.03. The minimum absolute atomic E-state index is 0.137. The maximum atomic E-state index is 12.9. The summed E-state index contributed by atoms with van der Waals surface area (Å²) >= 11 is 0. The highest BCUT2D eigenvalue weighted by Gasteiger charge is 2.32. The predicted molar refractivity (Wildman–Crippen MR) is 111 cm³/mol. The van der Waals surface area contributed by atoms with Crippen LogP contribution in [0.2, 0.25) is 0 Å². The Morgan fingerprint density at radius 2 is 1.91 bits per heavy atom. The zero-order valence-corrected chi connectivity index (χ0v) is 17.3. The number of anilines is 2. The van der Waals surface area contributed by atoms with Crippen LogP contribution in [-0.2, 0) is 11.0 Å². The van der Waals surface area contributed by atoms with Crippen molar-refractivity contribution in [3.63, 3.8) is 0 Å². The van der Waals surface area contributed by atoms with Gasteiger partial charge in [-0.2, -0.15) is 18.3 Å². The minimum atomic E-state index is -4.55. The minimum Gasteiger partial charge on any atom is -0.481 e. The van der Waals surface area contributed by atoms with Crippen LogP contribution in [0.1, 0.15) is 43.0 Å². The predicted octanol–water partition coefficient (Wildman–Crippen LogP) is 5.23. The number of nitrogens with zero attached hydrogens (tertiary/aromatic N) is 4. The molecule has 10 heteroatoms. The van der Waals surface area contributed by atoms with Crippen LogP contribution in [0.15, 0.2) is 42.9 Å². The van der Waals surface area contributed by atoms with Crippen molar-refractivity contribution in [1.29, 1.82) is 0 Å². The largest absolute Gasteiger partial charge is 0.481 e. The molecule has 2 N–H and O–H groups in total. The van der Waals surface area contributed by atoms with Crippen LogP contribution in [-0.4, -0.2) is 30.8 Å². The maximum Gasteiger partial charge on any atom is 0.433 e. The van der Waals surface area contributed by atoms with Crippen molar-refractivity contribution in [1.82, 2.24) is 19.7 Å². The van der Waals surface area contributed by atoms with E-state index in [4.69, 9.17) is 5.11 Å². The number of hydrogen-bond acceptors (Lipinski definition) is 5. The summed E-state index contributed by atoms with van der Waals surface area (Å²) in [7, 11) is 0. The van der Waals surface area contributed by atoms with Gasteiger partial charge in [0.1, 0.15) is 5.69 Å². The van der Waals surface area contributed by atoms with Gasteiger partial charge in [0, 0.05) is 23.6 Å². The monoisotopic (exact) mass is 445 g/mol. The average molecular weight is 445 g/mol. The fraction of sp³-hybridized carbons (Fsp3) is 0.364. The fourth-order valence-electron chi connectivity index (χ4n) is 4.00. The van der Waals surface area contributed by atoms with Crippen LogP contribution in [0.25, 0.3) is 11.1 Å². The zero-order chi connectivity index (χ0) is 22.9. The Morgan fingerprint density at radius 3 is 2.59 bits per heavy atom. The van der Waals surface area contributed by atoms with Crippen molar-refractivity contribution < 1.29 is 23.1 Å². The molecule has 1 fully saturated rings. The van der Waals surface area contributed by atoms with Crippen LogP contribution in [0, 0.1) is 12.8 Å². The lowest BCUT2D eigenvalue weighted by molar-refractivity contribution is -0.143. The second-order valence-corrected chi connectivity index (χ2v) is 8.03. The number of halogens is 3. The second kappa shape index (κ2) is 8.60. The molecular formula is C22H22F3N5O2. The van der Waals surface area contributed by atoms with Gasteiger partial charge in [-0.05, 0) is 61.9 Å². The van der Waals surface area contributed by atoms with Crippen molar-refractivity contribution >= 4 is 17.6 Å². The number of carboxylic acid groups (broad SMARTS) is 1. The van der Waals surface area contributed by atoms with E-state index < -0.39 is 17.8 Å². The SMILES string of the molecule is Cc1cc(Nc2nccc(C(F)(F)F)n2)cc(-c2cnn(C3CCC(C(=O)O)CC3)c2)c1. The van der Waals surface area contributed by atoms with Gasteiger partial charge in [-0.15, -0.1) is 0 Å². The number of aliphatic carboxylic acids is 1. The number of nitrogens with one attached hydrogen (secondary N) is 1. The van der Waals surface area contributed by atoms with E-state index >= 15 is 0 Å². The summed E-state index contributed by atoms with van der Waals surface area (Å²) < 4.78 is 40.6. The molecule has 2 heterocycles. The zero-order valence-electron chi connectivity index (χ0n) is 17.3. The summed E-state index contributed by atoms with van der Waals surface area (Å²) in [6, 6.07) is 6.54. The van der Waals surface area contributed by atoms with E-state index in [1.807, 2.05) is 23.9 Å². The molecule has 0 radical (unpaired) electrons. The summed E-state index contributed by atoms with van der Waals surface area (Å²) in [5, 5.41) is 16.5. The Balaban J connectivity index is 1.52. The van der Waals surface area contributed by atoms with Crippen molar-refractivity contribution in [3.05, 3.63) is 54.1 Å². The molecule has 0 atom stereocenters. The van der Waals surface area contributed by atoms with Gasteiger partial charge in [0.05, 0.1) is 18.2 Å². The van der Waals surface area contributed by atoms with Crippen molar-refractivity contribution in [2.24, 2.45) is 5.92 Å². The van der Waals surface area contributed by atoms with Crippen molar-refractivity contribution in [2.45, 2.75) is 44.8 Å². The number of alkyl halides is 3. The molecule has 168 valence electrons. The molecule has 7 nitrogen and oxygen atoms in total. The molecule has 32 heavy (non-hydrogen) atoms. The van der Waals surface area contributed by atoms with E-state index in [-0.39, 0.29) is 17.9 Å². The number of hydrogen-bond donors (Lipinski definition) is 2. The molecule has 2 aromatic heterocycles. The average Bonchev–Trinajstić information content (AvgIpc) is 3.23. The molecule has 3 aromatic rings. The summed E-state index contributed by atoms with van der Waals surface area (Å²) in [4.78, 5) is 18.6. The first kappa shape index (κ1) is 21.8. The third kappa shape index (κ3) is 4.90. The molecule has 4 rings (SSSR count). The molecule has 0 aliphatic heterocycles. The van der Waals surface area contributed by atoms with E-state index in [1.165, 1.54) is 0 Å². The Morgan fingerprint density at radius 1 is 1.16 bits per heavy atom. The number of benzene rings is 1. The Labute approximate surface area is 182 Å². The number of carboxylic acids is 1. The van der Waals surface area contributed by atoms with E-state index in [1.54, 1.807) is 18.3 Å². The molecule has 0 unspecified atom stereocenters. The number of rotatable bonds is 5. The van der Waals surface area contributed by atoms with E-state index in [9.17, 15) is 18.0 Å². The molecule has 0 bridgehead atoms. The van der Waals surface area contributed by atoms with Crippen LogP contribution in [0.5, 0.6) is 0 Å². The maximum absolute atomic E-state index is 12.9. The molecule has 0 saturated heterocycles. The van der Waals surface area contributed by atoms with Crippen molar-refractivity contribution in [3.8, 4) is 11.1 Å². The highest BCUT2D eigenvalue weighted by molar-refractivity contribution is 5.70. The fourth-order valence-corrected chi connectivity index (χ4v) is 4.00. The lowest BCUT2D eigenvalue weighted by atomic mass is 9.86. The molecule has 1 aliphatic rings. The van der Waals surface area contributed by atoms with E-state index in [2.05, 4.69) is 20.4 Å². The number of aryl methyl sites for hydroxylation is 1. The summed E-state index contributed by atoms with van der Waals surface area (Å²) in [5.41, 5.74) is 2.18. The lowest BCUT2D eigenvalue weighted by Gasteiger charge is -2.26. The van der Waals surface area contributed by atoms with Gasteiger partial charge in [-0.1, -0.05) is 6.07 Å². The van der Waals surface area contributed by atoms with Gasteiger partial charge in [0.25, 0.3) is 0 Å². The standard InChI is InChI=1S/C22H22F3N5O2/c1-13-8-15(10-17(9-13)28-21-26-7-6-19(29-21)22(23,24)25)16-11-27-30(12-16)18-4-2-14(3-5-18)20(31)32/h6-12,14,18H,2-5H2,1H3,(H,31,32)(H,26,28,29). The molecule has 1 aliphatic carbocycles. The van der Waals surface area contributed by atoms with Crippen LogP contribution in [0.3, 0.4) is 0 Å². The van der Waals surface area contributed by atoms with Gasteiger partial charge in [-0.25, -0.2) is 9.97 Å². The van der Waals surface area contributed by atoms with Crippen LogP contribution in [0.4, 0.5) is 24.8 Å². The topological polar surface area (TPSA) is 92.9 Å². The highest BCUT2D eigenvalue weighted by atomic mass is 19.4. The summed E-state index contributed by atoms with van der Waals surface area (Å²) in [5.74, 6) is -1.17. The van der Waals surface area contributed by atoms with E-state index in [0.29, 0.717) is 18.5 Å². The summed E-state index contributed by atoms with van der Waals surface area (Å²) in [6.45, 7) is 1.89. The number of carbonyl (C=O) groups is 1. The van der Waals surface area contributed by atoms with Gasteiger partial charge >= 0.3 is 12.1 Å². The number of aromatic nitrogens is 4. The lowest BCUT2D eigenvalue weighted by Crippen LogP contribution is -2.23. The first-order valence-electron chi connectivity index (χ1n) is 10.3. The Hall–Kier alpha value is -3.43. The molecular weight excluding hydrogens is 423 g/mol. The third-order valence-corrected chi connectivity index (χ3v) is 5.63. The molecule has 1 aromatic carbocycles. The Bertz CT molecular complexity index is 1120. The van der Waals surface area contributed by atoms with E-state index in [0.717, 1.165) is 41.8 Å². The normalized spacial score (nSPS) is 19.0. The summed E-state index contributed by atoms with van der Waals surface area (Å²) in [6.07, 6.45) is 2.95. The first-order valence-corrected chi connectivity index (χ1v) is 10.3. The molecule has 1 saturated carbocycles. The Kier molecular flexibility index (Phi) is 5.86. The van der Waals surface area contributed by atoms with Crippen LogP contribution >= 0.6 is 0 Å². The molecule has 0 amide bonds. The van der Waals surface area contributed by atoms with Crippen molar-refractivity contribution in [2.75, 3.05) is 5.32 Å². The van der Waals surface area contributed by atoms with Gasteiger partial charge < -0.3 is 10.4 Å². The van der Waals surface area contributed by atoms with Gasteiger partial charge in [0.15, 0.2) is 0 Å². The highest BCUT2D eigenvalue weighted by Crippen LogP contribution is 2.34. The smallest absolute Gasteiger partial charge is 0.433 e. The quantitative estimate of drug-likeness (QED) is 0.559. The first-order chi connectivity index (χ1) is 15.2. The van der Waals surface area contributed by atoms with Crippen LogP contribution < -0.4 is 5.32 Å². The van der Waals surface area contributed by atoms with Gasteiger partial charge in [-0.3, -0.25) is 9.48 Å².